The molecule has 218 valence electrons. The molecule has 2 aromatic carbocycles. The van der Waals surface area contributed by atoms with E-state index in [1.807, 2.05) is 65.5 Å². The fraction of sp³-hybridized carbons (Fsp3) is 0.273. The van der Waals surface area contributed by atoms with Crippen molar-refractivity contribution in [2.75, 3.05) is 43.1 Å². The Hall–Kier alpha value is -4.12. The summed E-state index contributed by atoms with van der Waals surface area (Å²) in [5, 5.41) is 7.43. The highest BCUT2D eigenvalue weighted by molar-refractivity contribution is 9.09. The van der Waals surface area contributed by atoms with Gasteiger partial charge in [0.25, 0.3) is 11.8 Å². The number of anilines is 1. The smallest absolute Gasteiger partial charge is 0.268 e. The number of hydrogen-bond acceptors (Lipinski definition) is 6. The molecule has 5 heterocycles. The van der Waals surface area contributed by atoms with E-state index in [0.29, 0.717) is 34.7 Å². The van der Waals surface area contributed by atoms with Gasteiger partial charge in [-0.2, -0.15) is 5.10 Å². The van der Waals surface area contributed by atoms with E-state index in [1.165, 1.54) is 4.90 Å². The molecule has 10 heteroatoms. The Kier molecular flexibility index (Phi) is 7.65. The molecule has 0 radical (unpaired) electrons. The van der Waals surface area contributed by atoms with Crippen molar-refractivity contribution in [3.63, 3.8) is 0 Å². The number of halogens is 1. The van der Waals surface area contributed by atoms with E-state index in [-0.39, 0.29) is 11.8 Å². The van der Waals surface area contributed by atoms with Crippen molar-refractivity contribution >= 4 is 66.5 Å². The molecule has 43 heavy (non-hydrogen) atoms. The maximum Gasteiger partial charge on any atom is 0.268 e. The Morgan fingerprint density at radius 1 is 0.814 bits per heavy atom. The molecule has 3 aromatic heterocycles. The summed E-state index contributed by atoms with van der Waals surface area (Å²) in [7, 11) is 0. The predicted octanol–water partition coefficient (Wildman–Crippen LogP) is 4.99. The number of carbonyl (C=O) groups is 2. The molecule has 0 atom stereocenters. The number of carbonyl (C=O) groups excluding carboxylic acids is 2. The van der Waals surface area contributed by atoms with Crippen molar-refractivity contribution in [2.45, 2.75) is 19.5 Å². The molecular formula is C33H31BrN6O3. The van der Waals surface area contributed by atoms with E-state index in [1.54, 1.807) is 18.3 Å². The fourth-order valence-electron chi connectivity index (χ4n) is 6.15. The highest BCUT2D eigenvalue weighted by Gasteiger charge is 2.43. The van der Waals surface area contributed by atoms with E-state index in [0.717, 1.165) is 73.0 Å². The van der Waals surface area contributed by atoms with Crippen LogP contribution in [0.15, 0.2) is 79.1 Å². The lowest BCUT2D eigenvalue weighted by Gasteiger charge is -2.26. The van der Waals surface area contributed by atoms with Crippen LogP contribution in [0.2, 0.25) is 0 Å². The summed E-state index contributed by atoms with van der Waals surface area (Å²) in [5.74, 6) is -0.737. The van der Waals surface area contributed by atoms with Crippen molar-refractivity contribution in [1.29, 1.82) is 0 Å². The summed E-state index contributed by atoms with van der Waals surface area (Å²) in [6.07, 6.45) is 4.61. The van der Waals surface area contributed by atoms with Crippen molar-refractivity contribution in [3.05, 3.63) is 90.4 Å². The largest absolute Gasteiger partial charge is 0.379 e. The molecule has 0 unspecified atom stereocenters. The quantitative estimate of drug-likeness (QED) is 0.167. The van der Waals surface area contributed by atoms with Crippen LogP contribution in [-0.2, 0) is 27.4 Å². The van der Waals surface area contributed by atoms with E-state index < -0.39 is 0 Å². The van der Waals surface area contributed by atoms with Gasteiger partial charge in [-0.25, -0.2) is 14.6 Å². The summed E-state index contributed by atoms with van der Waals surface area (Å²) in [5.41, 5.74) is 4.11. The minimum atomic E-state index is -0.382. The SMILES string of the molecule is O=C1C(c2cn(CCBr)c3ccccc23)=C(c2nn(CCCN3CCOCC3)c3ncccc23)C(=O)N1c1ccccc1. The van der Waals surface area contributed by atoms with E-state index >= 15 is 0 Å². The Bertz CT molecular complexity index is 1850. The molecule has 0 bridgehead atoms. The molecule has 2 aliphatic heterocycles. The van der Waals surface area contributed by atoms with Gasteiger partial charge in [0.15, 0.2) is 5.65 Å². The maximum atomic E-state index is 14.4. The lowest BCUT2D eigenvalue weighted by Crippen LogP contribution is -2.37. The normalized spacial score (nSPS) is 16.3. The van der Waals surface area contributed by atoms with E-state index in [2.05, 4.69) is 30.4 Å². The second-order valence-electron chi connectivity index (χ2n) is 10.7. The first-order chi connectivity index (χ1) is 21.2. The van der Waals surface area contributed by atoms with Crippen molar-refractivity contribution in [1.82, 2.24) is 24.2 Å². The van der Waals surface area contributed by atoms with Crippen LogP contribution in [0.1, 0.15) is 17.7 Å². The van der Waals surface area contributed by atoms with Gasteiger partial charge < -0.3 is 9.30 Å². The van der Waals surface area contributed by atoms with Gasteiger partial charge >= 0.3 is 0 Å². The molecule has 9 nitrogen and oxygen atoms in total. The molecule has 5 aromatic rings. The first-order valence-corrected chi connectivity index (χ1v) is 15.7. The third-order valence-electron chi connectivity index (χ3n) is 8.17. The highest BCUT2D eigenvalue weighted by Crippen LogP contribution is 2.42. The lowest BCUT2D eigenvalue weighted by molar-refractivity contribution is -0.119. The van der Waals surface area contributed by atoms with Crippen LogP contribution in [0.5, 0.6) is 0 Å². The van der Waals surface area contributed by atoms with Crippen molar-refractivity contribution in [2.24, 2.45) is 0 Å². The molecule has 1 saturated heterocycles. The number of aryl methyl sites for hydroxylation is 2. The number of amides is 2. The van der Waals surface area contributed by atoms with Crippen LogP contribution >= 0.6 is 15.9 Å². The van der Waals surface area contributed by atoms with Crippen LogP contribution in [-0.4, -0.2) is 74.2 Å². The monoisotopic (exact) mass is 638 g/mol. The van der Waals surface area contributed by atoms with Gasteiger partial charge in [-0.1, -0.05) is 52.3 Å². The van der Waals surface area contributed by atoms with Gasteiger partial charge in [-0.15, -0.1) is 0 Å². The minimum absolute atomic E-state index is 0.306. The van der Waals surface area contributed by atoms with Gasteiger partial charge in [0.2, 0.25) is 0 Å². The minimum Gasteiger partial charge on any atom is -0.379 e. The van der Waals surface area contributed by atoms with Gasteiger partial charge in [0, 0.05) is 72.3 Å². The van der Waals surface area contributed by atoms with Crippen LogP contribution < -0.4 is 4.90 Å². The standard InChI is InChI=1S/C33H31BrN6O3/c34-13-17-38-22-26(24-10-4-5-12-27(24)38)28-29(33(42)40(32(28)41)23-8-2-1-3-9-23)30-25-11-6-14-35-31(25)39(36-30)16-7-15-37-18-20-43-21-19-37/h1-6,8-12,14,22H,7,13,15-21H2. The topological polar surface area (TPSA) is 85.5 Å². The Morgan fingerprint density at radius 2 is 1.56 bits per heavy atom. The summed E-state index contributed by atoms with van der Waals surface area (Å²) < 4.78 is 9.49. The molecule has 0 aliphatic carbocycles. The number of aromatic nitrogens is 4. The molecule has 0 N–H and O–H groups in total. The third-order valence-corrected chi connectivity index (χ3v) is 8.53. The summed E-state index contributed by atoms with van der Waals surface area (Å²) in [6.45, 7) is 5.65. The number of fused-ring (bicyclic) bond motifs is 2. The van der Waals surface area contributed by atoms with Crippen LogP contribution in [0.4, 0.5) is 5.69 Å². The number of pyridine rings is 1. The summed E-state index contributed by atoms with van der Waals surface area (Å²) in [4.78, 5) is 37.1. The molecule has 2 amide bonds. The second kappa shape index (κ2) is 11.9. The number of imide groups is 1. The third kappa shape index (κ3) is 4.99. The Morgan fingerprint density at radius 3 is 2.37 bits per heavy atom. The van der Waals surface area contributed by atoms with E-state index in [4.69, 9.17) is 9.84 Å². The highest BCUT2D eigenvalue weighted by atomic mass is 79.9. The lowest BCUT2D eigenvalue weighted by atomic mass is 9.98. The van der Waals surface area contributed by atoms with Crippen LogP contribution in [0.3, 0.4) is 0 Å². The first kappa shape index (κ1) is 27.7. The number of para-hydroxylation sites is 2. The van der Waals surface area contributed by atoms with Gasteiger partial charge in [0.1, 0.15) is 5.69 Å². The second-order valence-corrected chi connectivity index (χ2v) is 11.5. The van der Waals surface area contributed by atoms with E-state index in [9.17, 15) is 9.59 Å². The Labute approximate surface area is 257 Å². The summed E-state index contributed by atoms with van der Waals surface area (Å²) in [6, 6.07) is 20.9. The van der Waals surface area contributed by atoms with Gasteiger partial charge in [-0.05, 0) is 36.8 Å². The number of benzene rings is 2. The average Bonchev–Trinajstić information content (AvgIpc) is 3.67. The fourth-order valence-corrected chi connectivity index (χ4v) is 6.53. The van der Waals surface area contributed by atoms with Crippen LogP contribution in [0, 0.1) is 0 Å². The Balaban J connectivity index is 1.38. The molecule has 0 saturated carbocycles. The number of alkyl halides is 1. The van der Waals surface area contributed by atoms with Crippen LogP contribution in [0.25, 0.3) is 33.1 Å². The number of ether oxygens (including phenoxy) is 1. The molecule has 0 spiro atoms. The number of nitrogens with zero attached hydrogens (tertiary/aromatic N) is 6. The average molecular weight is 640 g/mol. The van der Waals surface area contributed by atoms with Crippen molar-refractivity contribution < 1.29 is 14.3 Å². The number of hydrogen-bond donors (Lipinski definition) is 0. The molecule has 1 fully saturated rings. The molecule has 7 rings (SSSR count). The maximum absolute atomic E-state index is 14.4. The predicted molar refractivity (Wildman–Crippen MR) is 171 cm³/mol. The molecule has 2 aliphatic rings. The number of rotatable bonds is 9. The number of morpholine rings is 1. The van der Waals surface area contributed by atoms with Crippen molar-refractivity contribution in [3.8, 4) is 0 Å². The van der Waals surface area contributed by atoms with Gasteiger partial charge in [0.05, 0.1) is 30.0 Å². The molecular weight excluding hydrogens is 608 g/mol. The summed E-state index contributed by atoms with van der Waals surface area (Å²) >= 11 is 3.56. The zero-order valence-electron chi connectivity index (χ0n) is 23.7. The zero-order chi connectivity index (χ0) is 29.3. The first-order valence-electron chi connectivity index (χ1n) is 14.6. The zero-order valence-corrected chi connectivity index (χ0v) is 25.2. The van der Waals surface area contributed by atoms with Gasteiger partial charge in [-0.3, -0.25) is 14.5 Å².